The molecule has 0 heterocycles. The topological polar surface area (TPSA) is 97.5 Å². The van der Waals surface area contributed by atoms with Crippen LogP contribution in [0.25, 0.3) is 0 Å². The number of ketones is 1. The minimum Gasteiger partial charge on any atom is -0.478 e. The molecule has 2 aromatic carbocycles. The summed E-state index contributed by atoms with van der Waals surface area (Å²) < 4.78 is 0. The summed E-state index contributed by atoms with van der Waals surface area (Å²) in [7, 11) is 0. The number of benzene rings is 2. The molecule has 1 N–H and O–H groups in total. The number of carboxylic acid groups (broad SMARTS) is 1. The van der Waals surface area contributed by atoms with E-state index < -0.39 is 22.7 Å². The van der Waals surface area contributed by atoms with Crippen molar-refractivity contribution in [3.05, 3.63) is 81.4 Å². The summed E-state index contributed by atoms with van der Waals surface area (Å²) in [5.41, 5.74) is -0.200. The van der Waals surface area contributed by atoms with E-state index in [1.165, 1.54) is 36.4 Å². The molecule has 0 aliphatic rings. The van der Waals surface area contributed by atoms with Crippen molar-refractivity contribution in [3.8, 4) is 0 Å². The molecule has 0 aliphatic carbocycles. The van der Waals surface area contributed by atoms with Crippen molar-refractivity contribution >= 4 is 11.8 Å². The average Bonchev–Trinajstić information content (AvgIpc) is 2.48. The second-order valence-electron chi connectivity index (χ2n) is 4.31. The fraction of sp³-hybridized carbons (Fsp3) is 0.0667. The Morgan fingerprint density at radius 1 is 0.952 bits per heavy atom. The Bertz CT molecular complexity index is 696. The second kappa shape index (κ2) is 5.96. The zero-order valence-corrected chi connectivity index (χ0v) is 10.8. The molecule has 0 radical (unpaired) electrons. The summed E-state index contributed by atoms with van der Waals surface area (Å²) >= 11 is 0. The van der Waals surface area contributed by atoms with Gasteiger partial charge in [0.25, 0.3) is 6.04 Å². The van der Waals surface area contributed by atoms with Crippen molar-refractivity contribution < 1.29 is 19.6 Å². The fourth-order valence-corrected chi connectivity index (χ4v) is 2.04. The van der Waals surface area contributed by atoms with Crippen LogP contribution < -0.4 is 0 Å². The van der Waals surface area contributed by atoms with Crippen molar-refractivity contribution in [2.75, 3.05) is 0 Å². The maximum Gasteiger partial charge on any atom is 0.336 e. The Labute approximate surface area is 119 Å². The first-order valence-electron chi connectivity index (χ1n) is 6.07. The molecule has 6 heteroatoms. The molecule has 0 aromatic heterocycles. The quantitative estimate of drug-likeness (QED) is 0.517. The van der Waals surface area contributed by atoms with E-state index >= 15 is 0 Å². The van der Waals surface area contributed by atoms with E-state index in [2.05, 4.69) is 0 Å². The minimum absolute atomic E-state index is 0.171. The van der Waals surface area contributed by atoms with E-state index in [1.807, 2.05) is 0 Å². The molecule has 21 heavy (non-hydrogen) atoms. The van der Waals surface area contributed by atoms with Crippen LogP contribution in [0.2, 0.25) is 0 Å². The molecule has 1 atom stereocenters. The lowest BCUT2D eigenvalue weighted by molar-refractivity contribution is -0.511. The van der Waals surface area contributed by atoms with Crippen LogP contribution in [0, 0.1) is 10.1 Å². The minimum atomic E-state index is -1.62. The molecule has 2 aromatic rings. The van der Waals surface area contributed by atoms with Gasteiger partial charge in [0, 0.05) is 16.1 Å². The van der Waals surface area contributed by atoms with Crippen molar-refractivity contribution in [3.63, 3.8) is 0 Å². The molecule has 0 saturated heterocycles. The Balaban J connectivity index is 2.51. The van der Waals surface area contributed by atoms with Crippen LogP contribution in [0.4, 0.5) is 0 Å². The second-order valence-corrected chi connectivity index (χ2v) is 4.31. The molecular formula is C15H11NO5. The summed E-state index contributed by atoms with van der Waals surface area (Å²) in [5.74, 6) is -2.14. The molecule has 6 nitrogen and oxygen atoms in total. The first-order valence-corrected chi connectivity index (χ1v) is 6.07. The number of carboxylic acids is 1. The van der Waals surface area contributed by atoms with Gasteiger partial charge in [0.1, 0.15) is 0 Å². The zero-order valence-electron chi connectivity index (χ0n) is 10.8. The Hall–Kier alpha value is -3.02. The SMILES string of the molecule is O=C(O)c1ccccc1C(=O)[C@H](c1ccccc1)[N+](=O)[O-]. The largest absolute Gasteiger partial charge is 0.478 e. The third-order valence-electron chi connectivity index (χ3n) is 3.00. The lowest BCUT2D eigenvalue weighted by Crippen LogP contribution is -2.23. The van der Waals surface area contributed by atoms with E-state index in [9.17, 15) is 19.7 Å². The highest BCUT2D eigenvalue weighted by Gasteiger charge is 2.34. The van der Waals surface area contributed by atoms with Gasteiger partial charge in [-0.3, -0.25) is 14.9 Å². The maximum atomic E-state index is 12.4. The number of hydrogen-bond donors (Lipinski definition) is 1. The summed E-state index contributed by atoms with van der Waals surface area (Å²) in [6.07, 6.45) is 0. The third kappa shape index (κ3) is 2.94. The van der Waals surface area contributed by atoms with Gasteiger partial charge < -0.3 is 5.11 Å². The van der Waals surface area contributed by atoms with E-state index in [0.717, 1.165) is 0 Å². The van der Waals surface area contributed by atoms with Crippen LogP contribution in [0.3, 0.4) is 0 Å². The summed E-state index contributed by atoms with van der Waals surface area (Å²) in [6.45, 7) is 0. The molecule has 0 saturated carbocycles. The van der Waals surface area contributed by atoms with Crippen molar-refractivity contribution in [1.82, 2.24) is 0 Å². The zero-order chi connectivity index (χ0) is 15.4. The Kier molecular flexibility index (Phi) is 4.08. The smallest absolute Gasteiger partial charge is 0.336 e. The predicted molar refractivity (Wildman–Crippen MR) is 73.9 cm³/mol. The first kappa shape index (κ1) is 14.4. The number of carbonyl (C=O) groups is 2. The summed E-state index contributed by atoms with van der Waals surface area (Å²) in [5, 5.41) is 20.3. The van der Waals surface area contributed by atoms with E-state index in [0.29, 0.717) is 0 Å². The van der Waals surface area contributed by atoms with Crippen LogP contribution in [-0.4, -0.2) is 21.8 Å². The Morgan fingerprint density at radius 2 is 1.48 bits per heavy atom. The summed E-state index contributed by atoms with van der Waals surface area (Å²) in [6, 6.07) is 11.6. The number of aromatic carboxylic acids is 1. The monoisotopic (exact) mass is 285 g/mol. The molecule has 0 bridgehead atoms. The van der Waals surface area contributed by atoms with Crippen LogP contribution in [-0.2, 0) is 0 Å². The molecule has 0 amide bonds. The standard InChI is InChI=1S/C15H11NO5/c17-14(11-8-4-5-9-12(11)15(18)19)13(16(20)21)10-6-2-1-3-7-10/h1-9,13H,(H,18,19)/t13-/m0/s1. The number of nitro groups is 1. The van der Waals surface area contributed by atoms with Gasteiger partial charge in [-0.25, -0.2) is 4.79 Å². The van der Waals surface area contributed by atoms with Crippen LogP contribution in [0.1, 0.15) is 32.3 Å². The van der Waals surface area contributed by atoms with Crippen LogP contribution in [0.5, 0.6) is 0 Å². The number of rotatable bonds is 5. The average molecular weight is 285 g/mol. The lowest BCUT2D eigenvalue weighted by Gasteiger charge is -2.10. The number of hydrogen-bond acceptors (Lipinski definition) is 4. The number of carbonyl (C=O) groups excluding carboxylic acids is 1. The molecule has 2 rings (SSSR count). The Morgan fingerprint density at radius 3 is 2.00 bits per heavy atom. The molecule has 0 unspecified atom stereocenters. The number of Topliss-reactive ketones (excluding diaryl/α,β-unsaturated/α-hetero) is 1. The lowest BCUT2D eigenvalue weighted by atomic mass is 9.94. The van der Waals surface area contributed by atoms with E-state index in [-0.39, 0.29) is 16.7 Å². The van der Waals surface area contributed by atoms with Gasteiger partial charge in [-0.05, 0) is 6.07 Å². The highest BCUT2D eigenvalue weighted by Crippen LogP contribution is 2.23. The van der Waals surface area contributed by atoms with E-state index in [1.54, 1.807) is 18.2 Å². The van der Waals surface area contributed by atoms with Gasteiger partial charge in [0.2, 0.25) is 5.78 Å². The molecule has 0 spiro atoms. The first-order chi connectivity index (χ1) is 10.0. The predicted octanol–water partition coefficient (Wildman–Crippen LogP) is 2.59. The van der Waals surface area contributed by atoms with Crippen LogP contribution in [0.15, 0.2) is 54.6 Å². The normalized spacial score (nSPS) is 11.6. The summed E-state index contributed by atoms with van der Waals surface area (Å²) in [4.78, 5) is 34.1. The highest BCUT2D eigenvalue weighted by molar-refractivity contribution is 6.07. The van der Waals surface area contributed by atoms with Gasteiger partial charge >= 0.3 is 5.97 Å². The van der Waals surface area contributed by atoms with Gasteiger partial charge in [-0.1, -0.05) is 48.5 Å². The van der Waals surface area contributed by atoms with Gasteiger partial charge in [0.05, 0.1) is 5.56 Å². The van der Waals surface area contributed by atoms with Crippen molar-refractivity contribution in [2.45, 2.75) is 6.04 Å². The van der Waals surface area contributed by atoms with Gasteiger partial charge in [-0.2, -0.15) is 0 Å². The molecular weight excluding hydrogens is 274 g/mol. The van der Waals surface area contributed by atoms with Gasteiger partial charge in [0.15, 0.2) is 0 Å². The highest BCUT2D eigenvalue weighted by atomic mass is 16.6. The number of nitrogens with zero attached hydrogens (tertiary/aromatic N) is 1. The van der Waals surface area contributed by atoms with Crippen LogP contribution >= 0.6 is 0 Å². The third-order valence-corrected chi connectivity index (χ3v) is 3.00. The van der Waals surface area contributed by atoms with Crippen molar-refractivity contribution in [1.29, 1.82) is 0 Å². The molecule has 0 fully saturated rings. The van der Waals surface area contributed by atoms with E-state index in [4.69, 9.17) is 5.11 Å². The molecule has 106 valence electrons. The molecule has 0 aliphatic heterocycles. The van der Waals surface area contributed by atoms with Crippen molar-refractivity contribution in [2.24, 2.45) is 0 Å². The van der Waals surface area contributed by atoms with Gasteiger partial charge in [-0.15, -0.1) is 0 Å². The maximum absolute atomic E-state index is 12.4. The fourth-order valence-electron chi connectivity index (χ4n) is 2.04.